The van der Waals surface area contributed by atoms with Crippen molar-refractivity contribution >= 4 is 23.8 Å². The number of nitrogens with zero attached hydrogens (tertiary/aromatic N) is 1. The summed E-state index contributed by atoms with van der Waals surface area (Å²) in [6.45, 7) is 5.58. The van der Waals surface area contributed by atoms with Crippen LogP contribution >= 0.6 is 0 Å². The average molecular weight is 769 g/mol. The molecule has 6 unspecified atom stereocenters. The summed E-state index contributed by atoms with van der Waals surface area (Å²) in [4.78, 5) is 51.8. The van der Waals surface area contributed by atoms with Crippen LogP contribution in [0.25, 0.3) is 0 Å². The molecule has 0 aromatic heterocycles. The topological polar surface area (TPSA) is 178 Å². The van der Waals surface area contributed by atoms with E-state index in [2.05, 4.69) is 16.0 Å². The largest absolute Gasteiger partial charge is 0.492 e. The van der Waals surface area contributed by atoms with Gasteiger partial charge in [0.15, 0.2) is 0 Å². The lowest BCUT2D eigenvalue weighted by molar-refractivity contribution is -0.144. The highest BCUT2D eigenvalue weighted by Gasteiger charge is 2.32. The van der Waals surface area contributed by atoms with Gasteiger partial charge in [0.25, 0.3) is 0 Å². The maximum Gasteiger partial charge on any atom is 0.307 e. The van der Waals surface area contributed by atoms with Crippen LogP contribution in [0.15, 0.2) is 72.8 Å². The Morgan fingerprint density at radius 2 is 0.946 bits per heavy atom. The van der Waals surface area contributed by atoms with Gasteiger partial charge in [0, 0.05) is 6.54 Å². The number of benzene rings is 3. The van der Waals surface area contributed by atoms with E-state index in [4.69, 9.17) is 4.74 Å². The van der Waals surface area contributed by atoms with Crippen LogP contribution in [-0.2, 0) is 51.4 Å². The number of carbonyl (C=O) groups excluding carboxylic acids is 1. The second-order valence-electron chi connectivity index (χ2n) is 15.8. The van der Waals surface area contributed by atoms with E-state index in [9.17, 15) is 34.5 Å². The number of carboxylic acid groups (broad SMARTS) is 3. The summed E-state index contributed by atoms with van der Waals surface area (Å²) in [5.74, 6) is -2.82. The number of aliphatic carboxylic acids is 3. The predicted octanol–water partition coefficient (Wildman–Crippen LogP) is 3.90. The van der Waals surface area contributed by atoms with Crippen molar-refractivity contribution in [2.24, 2.45) is 35.5 Å². The van der Waals surface area contributed by atoms with Crippen molar-refractivity contribution in [2.45, 2.75) is 51.5 Å². The first-order valence-electron chi connectivity index (χ1n) is 20.1. The van der Waals surface area contributed by atoms with Crippen LogP contribution in [0.1, 0.15) is 47.1 Å². The summed E-state index contributed by atoms with van der Waals surface area (Å²) >= 11 is 0. The molecule has 12 nitrogen and oxygen atoms in total. The second kappa shape index (κ2) is 19.9. The van der Waals surface area contributed by atoms with Gasteiger partial charge in [-0.3, -0.25) is 19.2 Å². The van der Waals surface area contributed by atoms with Crippen LogP contribution in [0.4, 0.5) is 0 Å². The lowest BCUT2D eigenvalue weighted by Gasteiger charge is -2.24. The van der Waals surface area contributed by atoms with E-state index in [1.807, 2.05) is 72.8 Å². The number of carboxylic acids is 3. The van der Waals surface area contributed by atoms with Gasteiger partial charge in [0.05, 0.1) is 30.7 Å². The van der Waals surface area contributed by atoms with E-state index < -0.39 is 35.7 Å². The molecule has 6 atom stereocenters. The lowest BCUT2D eigenvalue weighted by atomic mass is 9.86. The molecule has 3 aliphatic heterocycles. The summed E-state index contributed by atoms with van der Waals surface area (Å²) < 4.78 is 6.10. The van der Waals surface area contributed by atoms with E-state index in [1.165, 1.54) is 0 Å². The van der Waals surface area contributed by atoms with Gasteiger partial charge in [-0.15, -0.1) is 0 Å². The summed E-state index contributed by atoms with van der Waals surface area (Å²) in [6, 6.07) is 23.0. The predicted molar refractivity (Wildman–Crippen MR) is 211 cm³/mol. The number of amides is 1. The molecule has 3 aliphatic rings. The molecule has 3 aromatic rings. The molecule has 0 saturated carbocycles. The van der Waals surface area contributed by atoms with Crippen molar-refractivity contribution in [3.8, 4) is 5.75 Å². The van der Waals surface area contributed by atoms with Crippen molar-refractivity contribution < 1.29 is 39.2 Å². The van der Waals surface area contributed by atoms with Gasteiger partial charge in [0.2, 0.25) is 5.91 Å². The minimum atomic E-state index is -0.781. The van der Waals surface area contributed by atoms with Gasteiger partial charge >= 0.3 is 17.9 Å². The first-order valence-corrected chi connectivity index (χ1v) is 20.1. The average Bonchev–Trinajstić information content (AvgIpc) is 4.02. The van der Waals surface area contributed by atoms with Crippen molar-refractivity contribution in [3.63, 3.8) is 0 Å². The summed E-state index contributed by atoms with van der Waals surface area (Å²) in [5.41, 5.74) is 4.57. The highest BCUT2D eigenvalue weighted by atomic mass is 16.5. The SMILES string of the molecule is O=C(O)C(Cc1ccc(CC(=O)N(CCOc2ccc(CC(C(=O)O)C3CCNC3)cc2)Cc2ccc(CC(C(=O)O)C3CCNC3)cc2)cc1)C1CCNC1. The third-order valence-corrected chi connectivity index (χ3v) is 12.0. The molecule has 6 rings (SSSR count). The molecule has 6 N–H and O–H groups in total. The van der Waals surface area contributed by atoms with Crippen molar-refractivity contribution in [1.82, 2.24) is 20.9 Å². The Kier molecular flexibility index (Phi) is 14.5. The Balaban J connectivity index is 1.09. The van der Waals surface area contributed by atoms with Crippen molar-refractivity contribution in [3.05, 3.63) is 101 Å². The molecule has 300 valence electrons. The molecule has 0 bridgehead atoms. The monoisotopic (exact) mass is 768 g/mol. The molecule has 0 aliphatic carbocycles. The Labute approximate surface area is 329 Å². The standard InChI is InChI=1S/C44H56N4O8/c49-41(24-32-3-1-29(2-4-32)21-38(42(50)51)34-13-16-45-25-34)48(28-33-7-5-30(6-8-33)22-39(43(52)53)35-14-17-46-26-35)19-20-56-37-11-9-31(10-12-37)23-40(44(54)55)36-15-18-47-27-36/h1-12,34-36,38-40,45-47H,13-28H2,(H,50,51)(H,52,53)(H,54,55). The number of hydrogen-bond acceptors (Lipinski definition) is 8. The minimum Gasteiger partial charge on any atom is -0.492 e. The van der Waals surface area contributed by atoms with Gasteiger partial charge in [-0.1, -0.05) is 60.7 Å². The summed E-state index contributed by atoms with van der Waals surface area (Å²) in [7, 11) is 0. The summed E-state index contributed by atoms with van der Waals surface area (Å²) in [5, 5.41) is 39.4. The molecule has 56 heavy (non-hydrogen) atoms. The fourth-order valence-electron chi connectivity index (χ4n) is 8.56. The van der Waals surface area contributed by atoms with E-state index in [-0.39, 0.29) is 36.7 Å². The Morgan fingerprint density at radius 3 is 1.32 bits per heavy atom. The van der Waals surface area contributed by atoms with Gasteiger partial charge in [-0.25, -0.2) is 0 Å². The summed E-state index contributed by atoms with van der Waals surface area (Å²) in [6.07, 6.45) is 4.08. The number of hydrogen-bond donors (Lipinski definition) is 6. The van der Waals surface area contributed by atoms with Crippen LogP contribution in [0.3, 0.4) is 0 Å². The molecule has 3 aromatic carbocycles. The fraction of sp³-hybridized carbons (Fsp3) is 0.500. The third-order valence-electron chi connectivity index (χ3n) is 12.0. The quantitative estimate of drug-likeness (QED) is 0.0984. The first-order chi connectivity index (χ1) is 27.1. The van der Waals surface area contributed by atoms with Crippen LogP contribution < -0.4 is 20.7 Å². The molecule has 0 spiro atoms. The van der Waals surface area contributed by atoms with Crippen LogP contribution in [0.2, 0.25) is 0 Å². The smallest absolute Gasteiger partial charge is 0.307 e. The Bertz CT molecular complexity index is 1750. The molecular weight excluding hydrogens is 713 g/mol. The van der Waals surface area contributed by atoms with E-state index in [0.717, 1.165) is 73.3 Å². The highest BCUT2D eigenvalue weighted by Crippen LogP contribution is 2.27. The normalized spacial score (nSPS) is 21.0. The fourth-order valence-corrected chi connectivity index (χ4v) is 8.56. The Morgan fingerprint density at radius 1 is 0.571 bits per heavy atom. The van der Waals surface area contributed by atoms with Crippen molar-refractivity contribution in [2.75, 3.05) is 52.4 Å². The van der Waals surface area contributed by atoms with Gasteiger partial charge in [0.1, 0.15) is 12.4 Å². The van der Waals surface area contributed by atoms with Crippen LogP contribution in [0.5, 0.6) is 5.75 Å². The Hall–Kier alpha value is -4.78. The third kappa shape index (κ3) is 11.4. The zero-order valence-corrected chi connectivity index (χ0v) is 32.0. The number of ether oxygens (including phenoxy) is 1. The molecule has 12 heteroatoms. The molecule has 3 fully saturated rings. The lowest BCUT2D eigenvalue weighted by Crippen LogP contribution is -2.35. The first kappa shape index (κ1) is 40.9. The maximum atomic E-state index is 13.9. The number of carbonyl (C=O) groups is 4. The minimum absolute atomic E-state index is 0.0815. The van der Waals surface area contributed by atoms with Gasteiger partial charge in [-0.05, 0) is 135 Å². The molecular formula is C44H56N4O8. The molecule has 1 amide bonds. The van der Waals surface area contributed by atoms with Gasteiger partial charge < -0.3 is 40.9 Å². The number of nitrogens with one attached hydrogen (secondary N) is 3. The van der Waals surface area contributed by atoms with E-state index in [0.29, 0.717) is 51.2 Å². The van der Waals surface area contributed by atoms with Crippen LogP contribution in [0, 0.1) is 35.5 Å². The molecule has 3 saturated heterocycles. The maximum absolute atomic E-state index is 13.9. The molecule has 3 heterocycles. The van der Waals surface area contributed by atoms with Gasteiger partial charge in [-0.2, -0.15) is 0 Å². The van der Waals surface area contributed by atoms with Crippen LogP contribution in [-0.4, -0.2) is 96.5 Å². The zero-order valence-electron chi connectivity index (χ0n) is 32.0. The zero-order chi connectivity index (χ0) is 39.4. The highest BCUT2D eigenvalue weighted by molar-refractivity contribution is 5.79. The second-order valence-corrected chi connectivity index (χ2v) is 15.8. The van der Waals surface area contributed by atoms with Crippen molar-refractivity contribution in [1.29, 1.82) is 0 Å². The molecule has 0 radical (unpaired) electrons. The van der Waals surface area contributed by atoms with E-state index in [1.54, 1.807) is 4.90 Å². The van der Waals surface area contributed by atoms with E-state index >= 15 is 0 Å². The number of rotatable bonds is 20.